The van der Waals surface area contributed by atoms with Crippen molar-refractivity contribution in [3.63, 3.8) is 0 Å². The van der Waals surface area contributed by atoms with Crippen LogP contribution in [0.25, 0.3) is 16.6 Å². The maximum absolute atomic E-state index is 15.5. The predicted octanol–water partition coefficient (Wildman–Crippen LogP) is 5.27. The Labute approximate surface area is 230 Å². The molecule has 1 saturated heterocycles. The molecular weight excluding hydrogens is 550 g/mol. The largest absolute Gasteiger partial charge is 0.451 e. The summed E-state index contributed by atoms with van der Waals surface area (Å²) in [6.07, 6.45) is -1.19. The first kappa shape index (κ1) is 27.7. The first-order chi connectivity index (χ1) is 19.1. The van der Waals surface area contributed by atoms with Crippen LogP contribution >= 0.6 is 11.8 Å². The molecule has 0 spiro atoms. The van der Waals surface area contributed by atoms with Crippen LogP contribution in [0, 0.1) is 5.82 Å². The molecule has 3 aromatic rings. The number of anilines is 1. The highest BCUT2D eigenvalue weighted by molar-refractivity contribution is 8.17. The summed E-state index contributed by atoms with van der Waals surface area (Å²) >= 11 is 0.115. The van der Waals surface area contributed by atoms with Gasteiger partial charge in [-0.2, -0.15) is 13.2 Å². The zero-order chi connectivity index (χ0) is 28.6. The minimum Gasteiger partial charge on any atom is -0.451 e. The second-order valence-corrected chi connectivity index (χ2v) is 10.3. The topological polar surface area (TPSA) is 88.0 Å². The maximum atomic E-state index is 15.5. The van der Waals surface area contributed by atoms with Gasteiger partial charge >= 0.3 is 6.18 Å². The lowest BCUT2D eigenvalue weighted by Crippen LogP contribution is -2.34. The Morgan fingerprint density at radius 2 is 1.95 bits per heavy atom. The number of aliphatic imine (C=N–C) groups is 1. The minimum absolute atomic E-state index is 0.0917. The van der Waals surface area contributed by atoms with Gasteiger partial charge in [-0.1, -0.05) is 18.7 Å². The van der Waals surface area contributed by atoms with Gasteiger partial charge in [0.05, 0.1) is 16.0 Å². The molecule has 0 radical (unpaired) electrons. The Hall–Kier alpha value is -3.84. The average Bonchev–Trinajstić information content (AvgIpc) is 3.44. The van der Waals surface area contributed by atoms with E-state index in [1.807, 2.05) is 0 Å². The minimum atomic E-state index is -4.71. The van der Waals surface area contributed by atoms with E-state index in [0.717, 1.165) is 32.0 Å². The van der Waals surface area contributed by atoms with Gasteiger partial charge in [-0.05, 0) is 55.9 Å². The molecule has 2 aliphatic rings. The van der Waals surface area contributed by atoms with Crippen molar-refractivity contribution in [2.24, 2.45) is 4.99 Å². The Morgan fingerprint density at radius 3 is 2.65 bits per heavy atom. The molecule has 0 unspecified atom stereocenters. The number of fused-ring (bicyclic) bond motifs is 2. The molecule has 1 aromatic heterocycles. The number of likely N-dealkylation sites (tertiary alicyclic amines) is 1. The zero-order valence-corrected chi connectivity index (χ0v) is 22.2. The summed E-state index contributed by atoms with van der Waals surface area (Å²) in [4.78, 5) is 31.3. The molecule has 8 nitrogen and oxygen atoms in total. The standard InChI is InChI=1S/C27H25F4N5O3S/c1-15(27(29,30)31)40-26(32-2)34-25(38)17-14-36-19-7-3-4-8-20(19)39-24-21(33-9-12-35-10-5-6-11-35)18(28)13-16(22(24)36)23(17)37/h3-4,7-8,13-14,33H,1,5-6,9-12H2,2H3,(H,32,34,38). The molecule has 0 bridgehead atoms. The van der Waals surface area contributed by atoms with Gasteiger partial charge in [-0.3, -0.25) is 14.6 Å². The monoisotopic (exact) mass is 575 g/mol. The summed E-state index contributed by atoms with van der Waals surface area (Å²) < 4.78 is 62.0. The van der Waals surface area contributed by atoms with Crippen molar-refractivity contribution in [2.75, 3.05) is 38.5 Å². The number of pyridine rings is 1. The molecule has 0 saturated carbocycles. The fraction of sp³-hybridized carbons (Fsp3) is 0.296. The number of benzene rings is 2. The number of ether oxygens (including phenoxy) is 1. The molecule has 1 fully saturated rings. The number of thioether (sulfide) groups is 1. The summed E-state index contributed by atoms with van der Waals surface area (Å²) in [5.41, 5.74) is -0.384. The Morgan fingerprint density at radius 1 is 1.23 bits per heavy atom. The second-order valence-electron chi connectivity index (χ2n) is 9.25. The van der Waals surface area contributed by atoms with Crippen molar-refractivity contribution in [1.82, 2.24) is 14.8 Å². The van der Waals surface area contributed by atoms with Crippen molar-refractivity contribution < 1.29 is 27.1 Å². The summed E-state index contributed by atoms with van der Waals surface area (Å²) in [5, 5.41) is 4.82. The number of carbonyl (C=O) groups is 1. The summed E-state index contributed by atoms with van der Waals surface area (Å²) in [6, 6.07) is 7.87. The highest BCUT2D eigenvalue weighted by atomic mass is 32.2. The van der Waals surface area contributed by atoms with Crippen molar-refractivity contribution >= 4 is 39.4 Å². The van der Waals surface area contributed by atoms with Crippen molar-refractivity contribution in [2.45, 2.75) is 19.0 Å². The van der Waals surface area contributed by atoms with Gasteiger partial charge < -0.3 is 24.8 Å². The first-order valence-electron chi connectivity index (χ1n) is 12.5. The number of carbonyl (C=O) groups excluding carboxylic acids is 1. The number of nitrogens with one attached hydrogen (secondary N) is 2. The number of hydrogen-bond acceptors (Lipinski definition) is 7. The summed E-state index contributed by atoms with van der Waals surface area (Å²) in [7, 11) is 1.19. The normalized spacial score (nSPS) is 15.1. The lowest BCUT2D eigenvalue weighted by Gasteiger charge is -2.26. The van der Waals surface area contributed by atoms with Crippen LogP contribution in [-0.4, -0.2) is 59.9 Å². The number of amidine groups is 1. The molecule has 0 atom stereocenters. The third kappa shape index (κ3) is 5.30. The Bertz CT molecular complexity index is 1600. The van der Waals surface area contributed by atoms with Crippen molar-refractivity contribution in [3.05, 3.63) is 69.6 Å². The number of nitrogens with zero attached hydrogens (tertiary/aromatic N) is 3. The number of para-hydroxylation sites is 2. The molecule has 5 rings (SSSR count). The lowest BCUT2D eigenvalue weighted by molar-refractivity contribution is -0.0831. The third-order valence-electron chi connectivity index (χ3n) is 6.67. The van der Waals surface area contributed by atoms with E-state index in [-0.39, 0.29) is 34.1 Å². The van der Waals surface area contributed by atoms with Crippen molar-refractivity contribution in [3.8, 4) is 17.2 Å². The lowest BCUT2D eigenvalue weighted by atomic mass is 10.1. The number of halogens is 4. The molecule has 2 N–H and O–H groups in total. The number of hydrogen-bond donors (Lipinski definition) is 2. The highest BCUT2D eigenvalue weighted by Gasteiger charge is 2.34. The number of allylic oxidation sites excluding steroid dienone is 1. The molecule has 2 aromatic carbocycles. The molecule has 210 valence electrons. The van der Waals surface area contributed by atoms with Crippen LogP contribution in [0.5, 0.6) is 11.5 Å². The average molecular weight is 576 g/mol. The second kappa shape index (κ2) is 11.0. The van der Waals surface area contributed by atoms with Crippen LogP contribution in [-0.2, 0) is 0 Å². The van der Waals surface area contributed by atoms with Gasteiger partial charge in [-0.15, -0.1) is 0 Å². The number of rotatable bonds is 6. The van der Waals surface area contributed by atoms with Crippen LogP contribution in [0.1, 0.15) is 23.2 Å². The van der Waals surface area contributed by atoms with E-state index in [4.69, 9.17) is 4.74 Å². The number of alkyl halides is 3. The molecule has 13 heteroatoms. The SMILES string of the molecule is C=C(SC(=NC)NC(=O)c1cn2c3c(c(NCCN4CCCC4)c(F)cc3c1=O)Oc1ccccc1-2)C(F)(F)F. The maximum Gasteiger partial charge on any atom is 0.422 e. The third-order valence-corrected chi connectivity index (χ3v) is 7.62. The number of aromatic nitrogens is 1. The van der Waals surface area contributed by atoms with E-state index in [9.17, 15) is 22.8 Å². The summed E-state index contributed by atoms with van der Waals surface area (Å²) in [6.45, 7) is 6.08. The van der Waals surface area contributed by atoms with Crippen LogP contribution in [0.15, 0.2) is 57.8 Å². The van der Waals surface area contributed by atoms with Crippen LogP contribution < -0.4 is 20.8 Å². The molecule has 40 heavy (non-hydrogen) atoms. The fourth-order valence-electron chi connectivity index (χ4n) is 4.71. The van der Waals surface area contributed by atoms with Gasteiger partial charge in [0.1, 0.15) is 16.8 Å². The zero-order valence-electron chi connectivity index (χ0n) is 21.4. The van der Waals surface area contributed by atoms with Gasteiger partial charge in [0.25, 0.3) is 5.91 Å². The van der Waals surface area contributed by atoms with Crippen LogP contribution in [0.4, 0.5) is 23.2 Å². The quantitative estimate of drug-likeness (QED) is 0.185. The molecule has 3 heterocycles. The van der Waals surface area contributed by atoms with E-state index < -0.39 is 39.0 Å². The van der Waals surface area contributed by atoms with Gasteiger partial charge in [-0.25, -0.2) is 4.39 Å². The van der Waals surface area contributed by atoms with E-state index in [1.165, 1.54) is 13.2 Å². The smallest absolute Gasteiger partial charge is 0.422 e. The van der Waals surface area contributed by atoms with E-state index >= 15 is 4.39 Å². The molecule has 0 aliphatic carbocycles. The highest BCUT2D eigenvalue weighted by Crippen LogP contribution is 2.45. The first-order valence-corrected chi connectivity index (χ1v) is 13.3. The molecular formula is C27H25F4N5O3S. The van der Waals surface area contributed by atoms with E-state index in [2.05, 4.69) is 27.1 Å². The van der Waals surface area contributed by atoms with Crippen molar-refractivity contribution in [1.29, 1.82) is 0 Å². The number of amides is 1. The van der Waals surface area contributed by atoms with Gasteiger partial charge in [0.2, 0.25) is 5.43 Å². The predicted molar refractivity (Wildman–Crippen MR) is 147 cm³/mol. The molecule has 2 aliphatic heterocycles. The Kier molecular flexibility index (Phi) is 7.60. The molecule has 1 amide bonds. The van der Waals surface area contributed by atoms with E-state index in [1.54, 1.807) is 28.8 Å². The van der Waals surface area contributed by atoms with Gasteiger partial charge in [0.15, 0.2) is 22.5 Å². The fourth-order valence-corrected chi connectivity index (χ4v) is 5.29. The summed E-state index contributed by atoms with van der Waals surface area (Å²) in [5.74, 6) is -1.27. The van der Waals surface area contributed by atoms with E-state index in [0.29, 0.717) is 24.5 Å². The van der Waals surface area contributed by atoms with Crippen LogP contribution in [0.3, 0.4) is 0 Å². The van der Waals surface area contributed by atoms with Gasteiger partial charge in [0, 0.05) is 26.3 Å². The van der Waals surface area contributed by atoms with Crippen LogP contribution in [0.2, 0.25) is 0 Å². The Balaban J connectivity index is 1.55.